The van der Waals surface area contributed by atoms with Crippen LogP contribution in [0.4, 0.5) is 0 Å². The van der Waals surface area contributed by atoms with Crippen molar-refractivity contribution in [3.63, 3.8) is 0 Å². The minimum Gasteiger partial charge on any atom is -0.241 e. The molecule has 0 unspecified atom stereocenters. The Bertz CT molecular complexity index is 337. The van der Waals surface area contributed by atoms with Gasteiger partial charge in [0.2, 0.25) is 0 Å². The van der Waals surface area contributed by atoms with Crippen LogP contribution in [0, 0.1) is 5.92 Å². The van der Waals surface area contributed by atoms with Crippen LogP contribution in [0.1, 0.15) is 76.1 Å². The van der Waals surface area contributed by atoms with Gasteiger partial charge in [0.25, 0.3) is 0 Å². The molecule has 1 saturated carbocycles. The first-order chi connectivity index (χ1) is 8.83. The molecule has 0 aromatic carbocycles. The fourth-order valence-electron chi connectivity index (χ4n) is 3.12. The van der Waals surface area contributed by atoms with Gasteiger partial charge in [-0.05, 0) is 49.5 Å². The normalized spacial score (nSPS) is 24.1. The van der Waals surface area contributed by atoms with E-state index in [9.17, 15) is 0 Å². The van der Waals surface area contributed by atoms with E-state index in [4.69, 9.17) is 0 Å². The molecule has 0 atom stereocenters. The van der Waals surface area contributed by atoms with Crippen molar-refractivity contribution in [1.29, 1.82) is 0 Å². The van der Waals surface area contributed by atoms with Crippen molar-refractivity contribution in [3.05, 3.63) is 23.8 Å². The van der Waals surface area contributed by atoms with Gasteiger partial charge in [0.15, 0.2) is 0 Å². The van der Waals surface area contributed by atoms with Gasteiger partial charge in [0, 0.05) is 18.8 Å². The lowest BCUT2D eigenvalue weighted by Crippen LogP contribution is -2.13. The third-order valence-electron chi connectivity index (χ3n) is 4.21. The second kappa shape index (κ2) is 6.86. The number of hydrogen-bond acceptors (Lipinski definition) is 2. The third-order valence-corrected chi connectivity index (χ3v) is 4.21. The summed E-state index contributed by atoms with van der Waals surface area (Å²) >= 11 is 0. The summed E-state index contributed by atoms with van der Waals surface area (Å²) in [7, 11) is 0. The zero-order valence-electron chi connectivity index (χ0n) is 11.9. The van der Waals surface area contributed by atoms with Crippen molar-refractivity contribution in [1.82, 2.24) is 9.97 Å². The summed E-state index contributed by atoms with van der Waals surface area (Å²) < 4.78 is 0. The average molecular weight is 246 g/mol. The first kappa shape index (κ1) is 13.5. The molecular formula is C16H26N2. The highest BCUT2D eigenvalue weighted by Gasteiger charge is 2.22. The minimum atomic E-state index is 0.716. The van der Waals surface area contributed by atoms with Crippen LogP contribution in [0.15, 0.2) is 12.4 Å². The summed E-state index contributed by atoms with van der Waals surface area (Å²) in [5, 5.41) is 0. The Labute approximate surface area is 111 Å². The van der Waals surface area contributed by atoms with Crippen LogP contribution in [0.3, 0.4) is 0 Å². The van der Waals surface area contributed by atoms with Gasteiger partial charge in [-0.25, -0.2) is 9.97 Å². The Balaban J connectivity index is 1.89. The molecular weight excluding hydrogens is 220 g/mol. The molecule has 0 saturated heterocycles. The van der Waals surface area contributed by atoms with E-state index in [1.54, 1.807) is 0 Å². The number of hydrogen-bond donors (Lipinski definition) is 0. The Morgan fingerprint density at radius 2 is 1.67 bits per heavy atom. The van der Waals surface area contributed by atoms with Gasteiger partial charge in [-0.3, -0.25) is 0 Å². The molecule has 2 heteroatoms. The van der Waals surface area contributed by atoms with Crippen LogP contribution in [0.25, 0.3) is 0 Å². The molecule has 1 aromatic rings. The molecule has 1 fully saturated rings. The van der Waals surface area contributed by atoms with Crippen LogP contribution in [-0.2, 0) is 6.42 Å². The molecule has 1 aliphatic rings. The summed E-state index contributed by atoms with van der Waals surface area (Å²) in [6, 6.07) is 0. The van der Waals surface area contributed by atoms with E-state index < -0.39 is 0 Å². The quantitative estimate of drug-likeness (QED) is 0.764. The van der Waals surface area contributed by atoms with E-state index in [1.807, 2.05) is 0 Å². The number of aryl methyl sites for hydroxylation is 1. The summed E-state index contributed by atoms with van der Waals surface area (Å²) in [5.41, 5.74) is 1.37. The van der Waals surface area contributed by atoms with E-state index in [0.717, 1.165) is 24.6 Å². The number of aromatic nitrogens is 2. The molecule has 0 radical (unpaired) electrons. The third kappa shape index (κ3) is 3.54. The van der Waals surface area contributed by atoms with Gasteiger partial charge in [-0.1, -0.05) is 26.7 Å². The zero-order valence-corrected chi connectivity index (χ0v) is 11.9. The first-order valence-corrected chi connectivity index (χ1v) is 7.64. The Hall–Kier alpha value is -0.920. The topological polar surface area (TPSA) is 25.8 Å². The standard InChI is InChI=1S/C16H26N2/c1-3-5-13-7-9-14(10-8-13)15-11-17-16(6-4-2)18-12-15/h11-14H,3-10H2,1-2H3. The lowest BCUT2D eigenvalue weighted by atomic mass is 9.78. The van der Waals surface area contributed by atoms with Crippen molar-refractivity contribution in [2.45, 2.75) is 71.1 Å². The number of rotatable bonds is 5. The van der Waals surface area contributed by atoms with Gasteiger partial charge in [0.1, 0.15) is 5.82 Å². The Kier molecular flexibility index (Phi) is 5.15. The van der Waals surface area contributed by atoms with E-state index >= 15 is 0 Å². The Morgan fingerprint density at radius 3 is 2.22 bits per heavy atom. The molecule has 0 aliphatic heterocycles. The highest BCUT2D eigenvalue weighted by atomic mass is 14.9. The van der Waals surface area contributed by atoms with Gasteiger partial charge < -0.3 is 0 Å². The maximum Gasteiger partial charge on any atom is 0.128 e. The molecule has 100 valence electrons. The SMILES string of the molecule is CCCc1ncc(C2CCC(CCC)CC2)cn1. The van der Waals surface area contributed by atoms with Crippen molar-refractivity contribution in [3.8, 4) is 0 Å². The molecule has 0 amide bonds. The second-order valence-electron chi connectivity index (χ2n) is 5.69. The van der Waals surface area contributed by atoms with Crippen LogP contribution < -0.4 is 0 Å². The smallest absolute Gasteiger partial charge is 0.128 e. The molecule has 1 aliphatic carbocycles. The van der Waals surface area contributed by atoms with Gasteiger partial charge >= 0.3 is 0 Å². The van der Waals surface area contributed by atoms with Crippen molar-refractivity contribution >= 4 is 0 Å². The summed E-state index contributed by atoms with van der Waals surface area (Å²) in [6.07, 6.45) is 14.5. The average Bonchev–Trinajstić information content (AvgIpc) is 2.41. The summed E-state index contributed by atoms with van der Waals surface area (Å²) in [5.74, 6) is 2.70. The Morgan fingerprint density at radius 1 is 1.00 bits per heavy atom. The molecule has 1 heterocycles. The monoisotopic (exact) mass is 246 g/mol. The molecule has 18 heavy (non-hydrogen) atoms. The summed E-state index contributed by atoms with van der Waals surface area (Å²) in [6.45, 7) is 4.47. The van der Waals surface area contributed by atoms with Gasteiger partial charge in [-0.15, -0.1) is 0 Å². The van der Waals surface area contributed by atoms with E-state index in [-0.39, 0.29) is 0 Å². The van der Waals surface area contributed by atoms with Gasteiger partial charge in [0.05, 0.1) is 0 Å². The lowest BCUT2D eigenvalue weighted by Gasteiger charge is -2.28. The predicted molar refractivity (Wildman–Crippen MR) is 75.6 cm³/mol. The largest absolute Gasteiger partial charge is 0.241 e. The van der Waals surface area contributed by atoms with E-state index in [0.29, 0.717) is 5.92 Å². The molecule has 2 rings (SSSR count). The fourth-order valence-corrected chi connectivity index (χ4v) is 3.12. The highest BCUT2D eigenvalue weighted by Crippen LogP contribution is 2.36. The van der Waals surface area contributed by atoms with Crippen molar-refractivity contribution in [2.75, 3.05) is 0 Å². The zero-order chi connectivity index (χ0) is 12.8. The highest BCUT2D eigenvalue weighted by molar-refractivity contribution is 5.12. The molecule has 2 nitrogen and oxygen atoms in total. The molecule has 0 bridgehead atoms. The van der Waals surface area contributed by atoms with Crippen molar-refractivity contribution in [2.24, 2.45) is 5.92 Å². The fraction of sp³-hybridized carbons (Fsp3) is 0.750. The molecule has 0 N–H and O–H groups in total. The minimum absolute atomic E-state index is 0.716. The molecule has 1 aromatic heterocycles. The maximum atomic E-state index is 4.49. The van der Waals surface area contributed by atoms with Crippen LogP contribution in [0.2, 0.25) is 0 Å². The molecule has 0 spiro atoms. The van der Waals surface area contributed by atoms with Crippen LogP contribution in [-0.4, -0.2) is 9.97 Å². The first-order valence-electron chi connectivity index (χ1n) is 7.64. The van der Waals surface area contributed by atoms with Crippen LogP contribution in [0.5, 0.6) is 0 Å². The second-order valence-corrected chi connectivity index (χ2v) is 5.69. The predicted octanol–water partition coefficient (Wildman–Crippen LogP) is 4.50. The van der Waals surface area contributed by atoms with Crippen molar-refractivity contribution < 1.29 is 0 Å². The van der Waals surface area contributed by atoms with Crippen LogP contribution >= 0.6 is 0 Å². The van der Waals surface area contributed by atoms with E-state index in [1.165, 1.54) is 44.1 Å². The van der Waals surface area contributed by atoms with E-state index in [2.05, 4.69) is 36.2 Å². The van der Waals surface area contributed by atoms with Gasteiger partial charge in [-0.2, -0.15) is 0 Å². The number of nitrogens with zero attached hydrogens (tertiary/aromatic N) is 2. The summed E-state index contributed by atoms with van der Waals surface area (Å²) in [4.78, 5) is 8.98. The lowest BCUT2D eigenvalue weighted by molar-refractivity contribution is 0.307. The maximum absolute atomic E-state index is 4.49.